The van der Waals surface area contributed by atoms with Crippen molar-refractivity contribution in [3.63, 3.8) is 0 Å². The molecule has 6 heteroatoms. The molecule has 0 saturated carbocycles. The zero-order valence-corrected chi connectivity index (χ0v) is 18.1. The van der Waals surface area contributed by atoms with Crippen LogP contribution in [0.5, 0.6) is 0 Å². The van der Waals surface area contributed by atoms with Gasteiger partial charge in [-0.05, 0) is 51.0 Å². The minimum atomic E-state index is -0.651. The Bertz CT molecular complexity index is 832. The molecule has 0 heterocycles. The Morgan fingerprint density at radius 3 is 2.29 bits per heavy atom. The van der Waals surface area contributed by atoms with Gasteiger partial charge in [-0.3, -0.25) is 9.59 Å². The van der Waals surface area contributed by atoms with Crippen LogP contribution in [-0.4, -0.2) is 28.3 Å². The van der Waals surface area contributed by atoms with Crippen LogP contribution >= 0.6 is 23.2 Å². The lowest BCUT2D eigenvalue weighted by atomic mass is 10.1. The average Bonchev–Trinajstić information content (AvgIpc) is 2.60. The number of amides is 2. The Morgan fingerprint density at radius 1 is 1.07 bits per heavy atom. The van der Waals surface area contributed by atoms with Crippen LogP contribution in [0.15, 0.2) is 48.5 Å². The van der Waals surface area contributed by atoms with Crippen LogP contribution in [-0.2, 0) is 22.6 Å². The van der Waals surface area contributed by atoms with Crippen LogP contribution in [0.25, 0.3) is 0 Å². The van der Waals surface area contributed by atoms with Gasteiger partial charge in [0.1, 0.15) is 6.04 Å². The van der Waals surface area contributed by atoms with Gasteiger partial charge in [-0.15, -0.1) is 0 Å². The van der Waals surface area contributed by atoms with Gasteiger partial charge >= 0.3 is 0 Å². The van der Waals surface area contributed by atoms with E-state index in [-0.39, 0.29) is 24.8 Å². The van der Waals surface area contributed by atoms with Gasteiger partial charge in [0.25, 0.3) is 0 Å². The summed E-state index contributed by atoms with van der Waals surface area (Å²) in [6.45, 7) is 7.67. The van der Waals surface area contributed by atoms with Crippen LogP contribution in [0.2, 0.25) is 10.0 Å². The van der Waals surface area contributed by atoms with Crippen LogP contribution in [0.1, 0.15) is 38.8 Å². The van der Waals surface area contributed by atoms with E-state index < -0.39 is 11.6 Å². The predicted molar refractivity (Wildman–Crippen MR) is 115 cm³/mol. The normalized spacial score (nSPS) is 12.4. The summed E-state index contributed by atoms with van der Waals surface area (Å²) in [6, 6.07) is 14.0. The number of nitrogens with one attached hydrogen (secondary N) is 1. The summed E-state index contributed by atoms with van der Waals surface area (Å²) in [7, 11) is 0. The Hall–Kier alpha value is -2.04. The van der Waals surface area contributed by atoms with Crippen molar-refractivity contribution in [2.24, 2.45) is 0 Å². The molecule has 2 aromatic rings. The molecular formula is C22H26Cl2N2O2. The van der Waals surface area contributed by atoms with Crippen LogP contribution in [0.4, 0.5) is 0 Å². The maximum absolute atomic E-state index is 13.1. The van der Waals surface area contributed by atoms with Gasteiger partial charge < -0.3 is 10.2 Å². The quantitative estimate of drug-likeness (QED) is 0.724. The molecular weight excluding hydrogens is 395 g/mol. The van der Waals surface area contributed by atoms with Crippen molar-refractivity contribution in [3.05, 3.63) is 69.7 Å². The number of hydrogen-bond donors (Lipinski definition) is 1. The maximum Gasteiger partial charge on any atom is 0.242 e. The third-order valence-electron chi connectivity index (χ3n) is 4.22. The van der Waals surface area contributed by atoms with Crippen LogP contribution < -0.4 is 5.32 Å². The van der Waals surface area contributed by atoms with E-state index in [4.69, 9.17) is 23.2 Å². The molecule has 28 heavy (non-hydrogen) atoms. The molecule has 0 radical (unpaired) electrons. The first-order valence-electron chi connectivity index (χ1n) is 9.16. The van der Waals surface area contributed by atoms with Crippen molar-refractivity contribution in [1.82, 2.24) is 10.2 Å². The van der Waals surface area contributed by atoms with E-state index >= 15 is 0 Å². The molecule has 1 N–H and O–H groups in total. The molecule has 0 bridgehead atoms. The molecule has 0 spiro atoms. The second-order valence-corrected chi connectivity index (χ2v) is 8.68. The summed E-state index contributed by atoms with van der Waals surface area (Å²) in [6.07, 6.45) is 0.208. The van der Waals surface area contributed by atoms with Crippen molar-refractivity contribution >= 4 is 35.0 Å². The molecule has 0 saturated heterocycles. The molecule has 2 amide bonds. The Labute approximate surface area is 176 Å². The summed E-state index contributed by atoms with van der Waals surface area (Å²) >= 11 is 12.3. The Morgan fingerprint density at radius 2 is 1.71 bits per heavy atom. The van der Waals surface area contributed by atoms with E-state index in [1.165, 1.54) is 0 Å². The van der Waals surface area contributed by atoms with Gasteiger partial charge in [-0.25, -0.2) is 0 Å². The number of nitrogens with zero attached hydrogens (tertiary/aromatic N) is 1. The summed E-state index contributed by atoms with van der Waals surface area (Å²) in [5, 5.41) is 3.93. The summed E-state index contributed by atoms with van der Waals surface area (Å²) < 4.78 is 0. The molecule has 0 aromatic heterocycles. The van der Waals surface area contributed by atoms with Gasteiger partial charge in [0.2, 0.25) is 11.8 Å². The Kier molecular flexibility index (Phi) is 7.50. The molecule has 0 aliphatic heterocycles. The lowest BCUT2D eigenvalue weighted by Crippen LogP contribution is -2.52. The highest BCUT2D eigenvalue weighted by Gasteiger charge is 2.28. The molecule has 1 unspecified atom stereocenters. The van der Waals surface area contributed by atoms with E-state index in [0.29, 0.717) is 10.0 Å². The average molecular weight is 421 g/mol. The van der Waals surface area contributed by atoms with E-state index in [2.05, 4.69) is 5.32 Å². The number of benzene rings is 2. The van der Waals surface area contributed by atoms with Crippen molar-refractivity contribution in [3.8, 4) is 0 Å². The van der Waals surface area contributed by atoms with E-state index in [1.54, 1.807) is 30.0 Å². The SMILES string of the molecule is CC(C(=O)NC(C)(C)C)N(Cc1ccc(Cl)cc1Cl)C(=O)Cc1ccccc1. The molecule has 1 atom stereocenters. The second-order valence-electron chi connectivity index (χ2n) is 7.83. The molecule has 2 aromatic carbocycles. The predicted octanol–water partition coefficient (Wildman–Crippen LogP) is 4.87. The number of carbonyl (C=O) groups excluding carboxylic acids is 2. The van der Waals surface area contributed by atoms with E-state index in [9.17, 15) is 9.59 Å². The molecule has 4 nitrogen and oxygen atoms in total. The fourth-order valence-electron chi connectivity index (χ4n) is 2.76. The molecule has 150 valence electrons. The summed E-state index contributed by atoms with van der Waals surface area (Å²) in [5.74, 6) is -0.354. The van der Waals surface area contributed by atoms with Crippen LogP contribution in [0.3, 0.4) is 0 Å². The lowest BCUT2D eigenvalue weighted by Gasteiger charge is -2.31. The van der Waals surface area contributed by atoms with Gasteiger partial charge in [0.05, 0.1) is 6.42 Å². The zero-order chi connectivity index (χ0) is 20.9. The first-order valence-corrected chi connectivity index (χ1v) is 9.92. The van der Waals surface area contributed by atoms with Gasteiger partial charge in [0.15, 0.2) is 0 Å². The van der Waals surface area contributed by atoms with E-state index in [1.807, 2.05) is 51.1 Å². The highest BCUT2D eigenvalue weighted by Crippen LogP contribution is 2.23. The van der Waals surface area contributed by atoms with Gasteiger partial charge in [-0.2, -0.15) is 0 Å². The summed E-state index contributed by atoms with van der Waals surface area (Å²) in [5.41, 5.74) is 1.24. The minimum Gasteiger partial charge on any atom is -0.350 e. The standard InChI is InChI=1S/C22H26Cl2N2O2/c1-15(21(28)25-22(2,3)4)26(14-17-10-11-18(23)13-19(17)24)20(27)12-16-8-6-5-7-9-16/h5-11,13,15H,12,14H2,1-4H3,(H,25,28). The van der Waals surface area contributed by atoms with Gasteiger partial charge in [0, 0.05) is 22.1 Å². The zero-order valence-electron chi connectivity index (χ0n) is 16.6. The largest absolute Gasteiger partial charge is 0.350 e. The molecule has 0 aliphatic carbocycles. The maximum atomic E-state index is 13.1. The number of hydrogen-bond acceptors (Lipinski definition) is 2. The fourth-order valence-corrected chi connectivity index (χ4v) is 3.23. The third kappa shape index (κ3) is 6.54. The fraction of sp³-hybridized carbons (Fsp3) is 0.364. The highest BCUT2D eigenvalue weighted by atomic mass is 35.5. The van der Waals surface area contributed by atoms with Crippen LogP contribution in [0, 0.1) is 0 Å². The highest BCUT2D eigenvalue weighted by molar-refractivity contribution is 6.35. The first-order chi connectivity index (χ1) is 13.1. The Balaban J connectivity index is 2.28. The van der Waals surface area contributed by atoms with Crippen molar-refractivity contribution < 1.29 is 9.59 Å². The first kappa shape index (κ1) is 22.3. The third-order valence-corrected chi connectivity index (χ3v) is 4.81. The molecule has 0 fully saturated rings. The topological polar surface area (TPSA) is 49.4 Å². The molecule has 2 rings (SSSR count). The number of rotatable bonds is 6. The van der Waals surface area contributed by atoms with Crippen molar-refractivity contribution in [2.45, 2.75) is 52.2 Å². The van der Waals surface area contributed by atoms with Gasteiger partial charge in [-0.1, -0.05) is 59.6 Å². The number of halogens is 2. The van der Waals surface area contributed by atoms with Crippen molar-refractivity contribution in [2.75, 3.05) is 0 Å². The second kappa shape index (κ2) is 9.44. The minimum absolute atomic E-state index is 0.145. The number of carbonyl (C=O) groups is 2. The monoisotopic (exact) mass is 420 g/mol. The summed E-state index contributed by atoms with van der Waals surface area (Å²) in [4.78, 5) is 27.4. The van der Waals surface area contributed by atoms with Crippen molar-refractivity contribution in [1.29, 1.82) is 0 Å². The lowest BCUT2D eigenvalue weighted by molar-refractivity contribution is -0.140. The molecule has 0 aliphatic rings. The smallest absolute Gasteiger partial charge is 0.242 e. The van der Waals surface area contributed by atoms with E-state index in [0.717, 1.165) is 11.1 Å².